The predicted molar refractivity (Wildman–Crippen MR) is 178 cm³/mol. The van der Waals surface area contributed by atoms with Crippen LogP contribution in [0.3, 0.4) is 0 Å². The normalized spacial score (nSPS) is 12.0. The highest BCUT2D eigenvalue weighted by Crippen LogP contribution is 2.50. The second kappa shape index (κ2) is 8.50. The number of hydrogen-bond donors (Lipinski definition) is 0. The van der Waals surface area contributed by atoms with Crippen LogP contribution in [0, 0.1) is 0 Å². The lowest BCUT2D eigenvalue weighted by molar-refractivity contribution is 1.70. The summed E-state index contributed by atoms with van der Waals surface area (Å²) in [6.45, 7) is 0. The van der Waals surface area contributed by atoms with Gasteiger partial charge in [0.15, 0.2) is 0 Å². The molecule has 0 nitrogen and oxygen atoms in total. The Morgan fingerprint density at radius 2 is 0.950 bits per heavy atom. The highest BCUT2D eigenvalue weighted by Gasteiger charge is 2.21. The van der Waals surface area contributed by atoms with Crippen LogP contribution < -0.4 is 0 Å². The predicted octanol–water partition coefficient (Wildman–Crippen LogP) is 12.1. The molecule has 40 heavy (non-hydrogen) atoms. The van der Waals surface area contributed by atoms with Gasteiger partial charge in [-0.2, -0.15) is 0 Å². The molecule has 0 amide bonds. The summed E-state index contributed by atoms with van der Waals surface area (Å²) in [6, 6.07) is 47.1. The maximum Gasteiger partial charge on any atom is 0.0441 e. The highest BCUT2D eigenvalue weighted by atomic mass is 32.1. The van der Waals surface area contributed by atoms with E-state index in [1.807, 2.05) is 22.7 Å². The van der Waals surface area contributed by atoms with Crippen molar-refractivity contribution in [2.45, 2.75) is 0 Å². The second-order valence-electron chi connectivity index (χ2n) is 10.4. The molecule has 0 N–H and O–H groups in total. The third-order valence-corrected chi connectivity index (χ3v) is 10.4. The van der Waals surface area contributed by atoms with E-state index in [1.165, 1.54) is 84.8 Å². The summed E-state index contributed by atoms with van der Waals surface area (Å²) in [4.78, 5) is 0. The first-order valence-corrected chi connectivity index (χ1v) is 15.3. The molecule has 7 aromatic carbocycles. The Balaban J connectivity index is 1.50. The van der Waals surface area contributed by atoms with Gasteiger partial charge in [-0.15, -0.1) is 22.7 Å². The number of benzene rings is 7. The molecule has 0 aliphatic heterocycles. The lowest BCUT2D eigenvalue weighted by atomic mass is 9.84. The standard InChI is InChI=1S/C38H22S2/c1-2-12-24-23(10-1)11-9-18-25(24)35-26-13-3-5-15-28(26)36(29-16-6-4-14-27(29)35)32-22-34-31(20-21-39-34)37-30-17-7-8-19-33(30)40-38(32)37/h1-22H. The number of rotatable bonds is 2. The summed E-state index contributed by atoms with van der Waals surface area (Å²) in [6.07, 6.45) is 0. The van der Waals surface area contributed by atoms with Crippen LogP contribution in [0.5, 0.6) is 0 Å². The van der Waals surface area contributed by atoms with E-state index >= 15 is 0 Å². The Kier molecular flexibility index (Phi) is 4.74. The van der Waals surface area contributed by atoms with Crippen molar-refractivity contribution in [1.29, 1.82) is 0 Å². The molecule has 0 spiro atoms. The molecule has 0 aliphatic carbocycles. The average molecular weight is 543 g/mol. The fraction of sp³-hybridized carbons (Fsp3) is 0. The van der Waals surface area contributed by atoms with Gasteiger partial charge in [0.25, 0.3) is 0 Å². The molecule has 2 heteroatoms. The van der Waals surface area contributed by atoms with Crippen molar-refractivity contribution < 1.29 is 0 Å². The van der Waals surface area contributed by atoms with Crippen molar-refractivity contribution in [1.82, 2.24) is 0 Å². The molecule has 0 saturated heterocycles. The van der Waals surface area contributed by atoms with Crippen molar-refractivity contribution in [3.8, 4) is 22.3 Å². The van der Waals surface area contributed by atoms with Crippen molar-refractivity contribution in [2.75, 3.05) is 0 Å². The van der Waals surface area contributed by atoms with E-state index in [9.17, 15) is 0 Å². The van der Waals surface area contributed by atoms with Gasteiger partial charge < -0.3 is 0 Å². The highest BCUT2D eigenvalue weighted by molar-refractivity contribution is 7.27. The minimum atomic E-state index is 1.27. The van der Waals surface area contributed by atoms with Gasteiger partial charge in [-0.25, -0.2) is 0 Å². The summed E-state index contributed by atoms with van der Waals surface area (Å²) >= 11 is 3.77. The van der Waals surface area contributed by atoms with Crippen LogP contribution in [0.2, 0.25) is 0 Å². The molecule has 186 valence electrons. The van der Waals surface area contributed by atoms with Crippen LogP contribution >= 0.6 is 22.7 Å². The van der Waals surface area contributed by atoms with E-state index in [1.54, 1.807) is 0 Å². The molecular weight excluding hydrogens is 521 g/mol. The maximum absolute atomic E-state index is 2.45. The molecule has 2 heterocycles. The monoisotopic (exact) mass is 542 g/mol. The van der Waals surface area contributed by atoms with Crippen molar-refractivity contribution in [3.05, 3.63) is 133 Å². The van der Waals surface area contributed by atoms with Gasteiger partial charge >= 0.3 is 0 Å². The molecule has 0 bridgehead atoms. The molecule has 0 fully saturated rings. The van der Waals surface area contributed by atoms with Crippen LogP contribution in [-0.4, -0.2) is 0 Å². The Bertz CT molecular complexity index is 2370. The first-order valence-electron chi connectivity index (χ1n) is 13.6. The van der Waals surface area contributed by atoms with Gasteiger partial charge in [-0.3, -0.25) is 0 Å². The second-order valence-corrected chi connectivity index (χ2v) is 12.4. The molecule has 2 aromatic heterocycles. The summed E-state index contributed by atoms with van der Waals surface area (Å²) in [5, 5.41) is 14.1. The van der Waals surface area contributed by atoms with Crippen molar-refractivity contribution in [2.24, 2.45) is 0 Å². The van der Waals surface area contributed by atoms with Crippen LogP contribution in [0.1, 0.15) is 0 Å². The Morgan fingerprint density at radius 1 is 0.400 bits per heavy atom. The number of thiophene rings is 2. The quantitative estimate of drug-likeness (QED) is 0.191. The zero-order chi connectivity index (χ0) is 26.2. The van der Waals surface area contributed by atoms with Crippen LogP contribution in [-0.2, 0) is 0 Å². The van der Waals surface area contributed by atoms with Crippen molar-refractivity contribution >= 4 is 85.2 Å². The van der Waals surface area contributed by atoms with E-state index < -0.39 is 0 Å². The molecule has 0 radical (unpaired) electrons. The fourth-order valence-corrected chi connectivity index (χ4v) is 8.75. The topological polar surface area (TPSA) is 0 Å². The first-order chi connectivity index (χ1) is 19.9. The zero-order valence-electron chi connectivity index (χ0n) is 21.5. The van der Waals surface area contributed by atoms with Gasteiger partial charge in [0.2, 0.25) is 0 Å². The lowest BCUT2D eigenvalue weighted by Crippen LogP contribution is -1.91. The third-order valence-electron chi connectivity index (χ3n) is 8.34. The van der Waals surface area contributed by atoms with Gasteiger partial charge in [0.1, 0.15) is 0 Å². The summed E-state index contributed by atoms with van der Waals surface area (Å²) in [7, 11) is 0. The molecular formula is C38H22S2. The van der Waals surface area contributed by atoms with E-state index in [0.29, 0.717) is 0 Å². The molecule has 0 atom stereocenters. The molecule has 0 saturated carbocycles. The van der Waals surface area contributed by atoms with Gasteiger partial charge in [-0.05, 0) is 72.6 Å². The van der Waals surface area contributed by atoms with E-state index in [4.69, 9.17) is 0 Å². The zero-order valence-corrected chi connectivity index (χ0v) is 23.2. The van der Waals surface area contributed by atoms with E-state index in [-0.39, 0.29) is 0 Å². The van der Waals surface area contributed by atoms with E-state index in [0.717, 1.165) is 0 Å². The fourth-order valence-electron chi connectivity index (χ4n) is 6.68. The summed E-state index contributed by atoms with van der Waals surface area (Å²) in [5.74, 6) is 0. The molecule has 9 aromatic rings. The minimum Gasteiger partial charge on any atom is -0.144 e. The van der Waals surface area contributed by atoms with Crippen LogP contribution in [0.15, 0.2) is 133 Å². The Morgan fingerprint density at radius 3 is 1.68 bits per heavy atom. The molecule has 9 rings (SSSR count). The summed E-state index contributed by atoms with van der Waals surface area (Å²) < 4.78 is 4.07. The summed E-state index contributed by atoms with van der Waals surface area (Å²) in [5.41, 5.74) is 5.28. The van der Waals surface area contributed by atoms with Crippen LogP contribution in [0.25, 0.3) is 84.8 Å². The largest absolute Gasteiger partial charge is 0.144 e. The minimum absolute atomic E-state index is 1.27. The third kappa shape index (κ3) is 3.06. The maximum atomic E-state index is 2.45. The van der Waals surface area contributed by atoms with Gasteiger partial charge in [0.05, 0.1) is 0 Å². The number of hydrogen-bond acceptors (Lipinski definition) is 2. The van der Waals surface area contributed by atoms with Crippen LogP contribution in [0.4, 0.5) is 0 Å². The Labute approximate surface area is 239 Å². The van der Waals surface area contributed by atoms with Crippen molar-refractivity contribution in [3.63, 3.8) is 0 Å². The Hall–Kier alpha value is -4.50. The smallest absolute Gasteiger partial charge is 0.0441 e. The molecule has 0 unspecified atom stereocenters. The lowest BCUT2D eigenvalue weighted by Gasteiger charge is -2.19. The van der Waals surface area contributed by atoms with E-state index in [2.05, 4.69) is 133 Å². The average Bonchev–Trinajstić information content (AvgIpc) is 3.64. The first kappa shape index (κ1) is 22.3. The van der Waals surface area contributed by atoms with Gasteiger partial charge in [0, 0.05) is 35.8 Å². The van der Waals surface area contributed by atoms with Gasteiger partial charge in [-0.1, -0.05) is 109 Å². The number of fused-ring (bicyclic) bond motifs is 8. The SMILES string of the molecule is c1ccc2c(-c3c4ccccc4c(-c4cc5sccc5c5c4sc4ccccc45)c4ccccc34)cccc2c1. The molecule has 0 aliphatic rings.